The highest BCUT2D eigenvalue weighted by Crippen LogP contribution is 2.19. The maximum absolute atomic E-state index is 12.3. The minimum Gasteiger partial charge on any atom is -0.494 e. The smallest absolute Gasteiger partial charge is 0.361 e. The first-order chi connectivity index (χ1) is 12.6. The zero-order valence-corrected chi connectivity index (χ0v) is 15.2. The van der Waals surface area contributed by atoms with Gasteiger partial charge in [-0.2, -0.15) is 0 Å². The molecule has 1 heterocycles. The van der Waals surface area contributed by atoms with E-state index < -0.39 is 5.97 Å². The number of halogens is 1. The summed E-state index contributed by atoms with van der Waals surface area (Å²) in [6, 6.07) is 14.6. The van der Waals surface area contributed by atoms with E-state index in [0.717, 1.165) is 17.0 Å². The molecule has 1 aromatic heterocycles. The first-order valence-corrected chi connectivity index (χ1v) is 8.54. The Bertz CT molecular complexity index is 907. The van der Waals surface area contributed by atoms with Crippen molar-refractivity contribution in [2.45, 2.75) is 20.5 Å². The molecule has 0 saturated heterocycles. The highest BCUT2D eigenvalue weighted by Gasteiger charge is 2.19. The number of rotatable bonds is 6. The summed E-state index contributed by atoms with van der Waals surface area (Å²) in [5.41, 5.74) is 2.28. The van der Waals surface area contributed by atoms with Crippen LogP contribution in [0.5, 0.6) is 5.75 Å². The Morgan fingerprint density at radius 3 is 2.58 bits per heavy atom. The molecule has 0 saturated carbocycles. The highest BCUT2D eigenvalue weighted by molar-refractivity contribution is 6.31. The van der Waals surface area contributed by atoms with Crippen molar-refractivity contribution in [1.82, 2.24) is 15.0 Å². The molecule has 2 aromatic carbocycles. The van der Waals surface area contributed by atoms with Gasteiger partial charge >= 0.3 is 5.97 Å². The van der Waals surface area contributed by atoms with Gasteiger partial charge in [0.1, 0.15) is 12.4 Å². The number of carbonyl (C=O) groups excluding carboxylic acids is 1. The van der Waals surface area contributed by atoms with Crippen molar-refractivity contribution in [3.05, 3.63) is 70.5 Å². The summed E-state index contributed by atoms with van der Waals surface area (Å²) in [4.78, 5) is 12.3. The van der Waals surface area contributed by atoms with E-state index in [0.29, 0.717) is 17.3 Å². The van der Waals surface area contributed by atoms with Gasteiger partial charge < -0.3 is 9.47 Å². The van der Waals surface area contributed by atoms with Crippen LogP contribution in [0.2, 0.25) is 5.02 Å². The number of benzene rings is 2. The van der Waals surface area contributed by atoms with Crippen molar-refractivity contribution in [3.63, 3.8) is 0 Å². The van der Waals surface area contributed by atoms with Crippen LogP contribution < -0.4 is 4.74 Å². The number of esters is 1. The Labute approximate surface area is 156 Å². The van der Waals surface area contributed by atoms with E-state index in [-0.39, 0.29) is 12.3 Å². The largest absolute Gasteiger partial charge is 0.494 e. The van der Waals surface area contributed by atoms with Crippen LogP contribution in [0.1, 0.15) is 28.7 Å². The summed E-state index contributed by atoms with van der Waals surface area (Å²) in [6.07, 6.45) is 0. The Hall–Kier alpha value is -2.86. The van der Waals surface area contributed by atoms with Crippen molar-refractivity contribution in [1.29, 1.82) is 0 Å². The summed E-state index contributed by atoms with van der Waals surface area (Å²) in [5.74, 6) is 0.230. The lowest BCUT2D eigenvalue weighted by Crippen LogP contribution is -2.08. The van der Waals surface area contributed by atoms with Gasteiger partial charge in [-0.15, -0.1) is 5.10 Å². The minimum atomic E-state index is -0.542. The average Bonchev–Trinajstić information content (AvgIpc) is 3.03. The third kappa shape index (κ3) is 3.86. The molecule has 0 N–H and O–H groups in total. The Morgan fingerprint density at radius 1 is 1.15 bits per heavy atom. The van der Waals surface area contributed by atoms with E-state index in [9.17, 15) is 4.79 Å². The number of ether oxygens (including phenoxy) is 2. The molecular formula is C19H18ClN3O3. The van der Waals surface area contributed by atoms with E-state index >= 15 is 0 Å². The molecule has 3 rings (SSSR count). The molecule has 0 aliphatic carbocycles. The average molecular weight is 372 g/mol. The maximum Gasteiger partial charge on any atom is 0.361 e. The SMILES string of the molecule is CCOc1ccc(-n2nnc(C(=O)OCc3ccccc3Cl)c2C)cc1. The third-order valence-electron chi connectivity index (χ3n) is 3.80. The molecule has 6 nitrogen and oxygen atoms in total. The predicted molar refractivity (Wildman–Crippen MR) is 97.8 cm³/mol. The fourth-order valence-corrected chi connectivity index (χ4v) is 2.63. The molecule has 134 valence electrons. The molecule has 0 spiro atoms. The lowest BCUT2D eigenvalue weighted by molar-refractivity contribution is 0.0465. The normalized spacial score (nSPS) is 10.6. The zero-order chi connectivity index (χ0) is 18.5. The molecule has 7 heteroatoms. The van der Waals surface area contributed by atoms with E-state index in [1.807, 2.05) is 43.3 Å². The predicted octanol–water partition coefficient (Wildman–Crippen LogP) is 3.98. The molecule has 26 heavy (non-hydrogen) atoms. The molecule has 0 aliphatic rings. The second-order valence-electron chi connectivity index (χ2n) is 5.53. The minimum absolute atomic E-state index is 0.0772. The molecule has 0 radical (unpaired) electrons. The van der Waals surface area contributed by atoms with Crippen molar-refractivity contribution >= 4 is 17.6 Å². The standard InChI is InChI=1S/C19H18ClN3O3/c1-3-25-16-10-8-15(9-11-16)23-13(2)18(21-22-23)19(24)26-12-14-6-4-5-7-17(14)20/h4-11H,3,12H2,1-2H3. The first kappa shape index (κ1) is 17.9. The van der Waals surface area contributed by atoms with E-state index in [4.69, 9.17) is 21.1 Å². The lowest BCUT2D eigenvalue weighted by Gasteiger charge is -2.07. The summed E-state index contributed by atoms with van der Waals surface area (Å²) in [7, 11) is 0. The van der Waals surface area contributed by atoms with Crippen molar-refractivity contribution < 1.29 is 14.3 Å². The van der Waals surface area contributed by atoms with Gasteiger partial charge in [-0.25, -0.2) is 9.48 Å². The number of hydrogen-bond acceptors (Lipinski definition) is 5. The van der Waals surface area contributed by atoms with Crippen molar-refractivity contribution in [2.75, 3.05) is 6.61 Å². The van der Waals surface area contributed by atoms with Gasteiger partial charge in [0.05, 0.1) is 18.0 Å². The second-order valence-corrected chi connectivity index (χ2v) is 5.94. The number of carbonyl (C=O) groups is 1. The van der Waals surface area contributed by atoms with Crippen molar-refractivity contribution in [2.24, 2.45) is 0 Å². The van der Waals surface area contributed by atoms with Crippen LogP contribution in [0.3, 0.4) is 0 Å². The fraction of sp³-hybridized carbons (Fsp3) is 0.211. The summed E-state index contributed by atoms with van der Waals surface area (Å²) in [5, 5.41) is 8.56. The van der Waals surface area contributed by atoms with Crippen LogP contribution in [-0.2, 0) is 11.3 Å². The highest BCUT2D eigenvalue weighted by atomic mass is 35.5. The fourth-order valence-electron chi connectivity index (χ4n) is 2.44. The van der Waals surface area contributed by atoms with Crippen LogP contribution in [0.15, 0.2) is 48.5 Å². The third-order valence-corrected chi connectivity index (χ3v) is 4.17. The Morgan fingerprint density at radius 2 is 1.88 bits per heavy atom. The molecule has 0 atom stereocenters. The molecule has 0 fully saturated rings. The van der Waals surface area contributed by atoms with Gasteiger partial charge in [-0.1, -0.05) is 35.0 Å². The van der Waals surface area contributed by atoms with E-state index in [1.54, 1.807) is 23.7 Å². The molecule has 0 amide bonds. The van der Waals surface area contributed by atoms with Crippen LogP contribution in [0.4, 0.5) is 0 Å². The number of aromatic nitrogens is 3. The molecule has 0 aliphatic heterocycles. The number of nitrogens with zero attached hydrogens (tertiary/aromatic N) is 3. The number of hydrogen-bond donors (Lipinski definition) is 0. The molecular weight excluding hydrogens is 354 g/mol. The Balaban J connectivity index is 1.73. The van der Waals surface area contributed by atoms with Gasteiger partial charge in [0.25, 0.3) is 0 Å². The van der Waals surface area contributed by atoms with Gasteiger partial charge in [0.2, 0.25) is 0 Å². The van der Waals surface area contributed by atoms with Crippen LogP contribution in [-0.4, -0.2) is 27.6 Å². The molecule has 0 unspecified atom stereocenters. The summed E-state index contributed by atoms with van der Waals surface area (Å²) < 4.78 is 12.3. The van der Waals surface area contributed by atoms with Gasteiger partial charge in [-0.05, 0) is 44.2 Å². The quantitative estimate of drug-likeness (QED) is 0.613. The van der Waals surface area contributed by atoms with E-state index in [1.165, 1.54) is 0 Å². The van der Waals surface area contributed by atoms with Gasteiger partial charge in [0.15, 0.2) is 5.69 Å². The monoisotopic (exact) mass is 371 g/mol. The van der Waals surface area contributed by atoms with Crippen LogP contribution in [0, 0.1) is 6.92 Å². The topological polar surface area (TPSA) is 66.2 Å². The van der Waals surface area contributed by atoms with Gasteiger partial charge in [0, 0.05) is 10.6 Å². The van der Waals surface area contributed by atoms with Gasteiger partial charge in [-0.3, -0.25) is 0 Å². The lowest BCUT2D eigenvalue weighted by atomic mass is 10.2. The van der Waals surface area contributed by atoms with Crippen LogP contribution >= 0.6 is 11.6 Å². The second kappa shape index (κ2) is 8.01. The molecule has 3 aromatic rings. The maximum atomic E-state index is 12.3. The first-order valence-electron chi connectivity index (χ1n) is 8.16. The van der Waals surface area contributed by atoms with E-state index in [2.05, 4.69) is 10.3 Å². The zero-order valence-electron chi connectivity index (χ0n) is 14.5. The Kier molecular flexibility index (Phi) is 5.53. The van der Waals surface area contributed by atoms with Crippen molar-refractivity contribution in [3.8, 4) is 11.4 Å². The summed E-state index contributed by atoms with van der Waals surface area (Å²) >= 11 is 6.07. The van der Waals surface area contributed by atoms with Crippen LogP contribution in [0.25, 0.3) is 5.69 Å². The molecule has 0 bridgehead atoms. The summed E-state index contributed by atoms with van der Waals surface area (Å²) in [6.45, 7) is 4.37.